The number of anilines is 1. The second kappa shape index (κ2) is 9.54. The van der Waals surface area contributed by atoms with Gasteiger partial charge in [0.15, 0.2) is 11.5 Å². The van der Waals surface area contributed by atoms with Crippen molar-refractivity contribution < 1.29 is 28.9 Å². The molecule has 0 saturated carbocycles. The summed E-state index contributed by atoms with van der Waals surface area (Å²) in [6, 6.07) is 11.9. The summed E-state index contributed by atoms with van der Waals surface area (Å²) in [4.78, 5) is 29.6. The summed E-state index contributed by atoms with van der Waals surface area (Å²) >= 11 is 0. The van der Waals surface area contributed by atoms with E-state index in [9.17, 15) is 14.7 Å². The molecule has 0 unspecified atom stereocenters. The quantitative estimate of drug-likeness (QED) is 0.299. The lowest BCUT2D eigenvalue weighted by molar-refractivity contribution is -0.140. The van der Waals surface area contributed by atoms with E-state index in [0.717, 1.165) is 11.3 Å². The molecular weight excluding hydrogens is 424 g/mol. The first-order chi connectivity index (χ1) is 15.9. The van der Waals surface area contributed by atoms with Gasteiger partial charge in [-0.3, -0.25) is 9.59 Å². The minimum Gasteiger partial charge on any atom is -0.507 e. The van der Waals surface area contributed by atoms with Gasteiger partial charge in [0.1, 0.15) is 19.0 Å². The normalized spacial score (nSPS) is 19.1. The molecule has 2 aromatic rings. The summed E-state index contributed by atoms with van der Waals surface area (Å²) in [5.41, 5.74) is 2.19. The molecule has 8 nitrogen and oxygen atoms in total. The summed E-state index contributed by atoms with van der Waals surface area (Å²) in [5.74, 6) is -0.505. The summed E-state index contributed by atoms with van der Waals surface area (Å²) in [7, 11) is 5.47. The summed E-state index contributed by atoms with van der Waals surface area (Å²) < 4.78 is 16.3. The van der Waals surface area contributed by atoms with Crippen molar-refractivity contribution in [2.75, 3.05) is 52.5 Å². The van der Waals surface area contributed by atoms with E-state index in [0.29, 0.717) is 49.8 Å². The largest absolute Gasteiger partial charge is 0.507 e. The zero-order valence-electron chi connectivity index (χ0n) is 19.0. The maximum Gasteiger partial charge on any atom is 0.295 e. The van der Waals surface area contributed by atoms with E-state index in [2.05, 4.69) is 0 Å². The SMILES string of the molecule is COCCCN1C(=O)C(=O)/C(=C(/O)c2ccc3c(c2)OCCO3)[C@@H]1c1ccc(N(C)C)cc1. The van der Waals surface area contributed by atoms with Gasteiger partial charge in [0, 0.05) is 45.6 Å². The lowest BCUT2D eigenvalue weighted by Gasteiger charge is -2.26. The topological polar surface area (TPSA) is 88.5 Å². The summed E-state index contributed by atoms with van der Waals surface area (Å²) in [5, 5.41) is 11.2. The van der Waals surface area contributed by atoms with Gasteiger partial charge in [-0.2, -0.15) is 0 Å². The number of hydrogen-bond donors (Lipinski definition) is 1. The number of methoxy groups -OCH3 is 1. The van der Waals surface area contributed by atoms with Crippen molar-refractivity contribution in [2.24, 2.45) is 0 Å². The predicted molar refractivity (Wildman–Crippen MR) is 124 cm³/mol. The van der Waals surface area contributed by atoms with Gasteiger partial charge in [-0.05, 0) is 42.3 Å². The Kier molecular flexibility index (Phi) is 6.55. The van der Waals surface area contributed by atoms with Crippen LogP contribution in [0.1, 0.15) is 23.6 Å². The Balaban J connectivity index is 1.79. The van der Waals surface area contributed by atoms with Crippen LogP contribution < -0.4 is 14.4 Å². The average molecular weight is 453 g/mol. The van der Waals surface area contributed by atoms with Crippen molar-refractivity contribution in [2.45, 2.75) is 12.5 Å². The van der Waals surface area contributed by atoms with Crippen molar-refractivity contribution in [1.29, 1.82) is 0 Å². The number of aliphatic hydroxyl groups excluding tert-OH is 1. The number of likely N-dealkylation sites (tertiary alicyclic amines) is 1. The average Bonchev–Trinajstić information content (AvgIpc) is 3.08. The second-order valence-electron chi connectivity index (χ2n) is 8.18. The van der Waals surface area contributed by atoms with Gasteiger partial charge in [0.25, 0.3) is 11.7 Å². The number of rotatable bonds is 7. The van der Waals surface area contributed by atoms with Gasteiger partial charge < -0.3 is 29.1 Å². The molecule has 4 rings (SSSR count). The van der Waals surface area contributed by atoms with Crippen molar-refractivity contribution >= 4 is 23.1 Å². The van der Waals surface area contributed by atoms with Crippen molar-refractivity contribution in [3.63, 3.8) is 0 Å². The Morgan fingerprint density at radius 2 is 1.79 bits per heavy atom. The lowest BCUT2D eigenvalue weighted by Crippen LogP contribution is -2.31. The van der Waals surface area contributed by atoms with Gasteiger partial charge >= 0.3 is 0 Å². The van der Waals surface area contributed by atoms with Crippen LogP contribution in [0.2, 0.25) is 0 Å². The highest BCUT2D eigenvalue weighted by Gasteiger charge is 2.45. The highest BCUT2D eigenvalue weighted by Crippen LogP contribution is 2.41. The van der Waals surface area contributed by atoms with Gasteiger partial charge in [0.2, 0.25) is 0 Å². The fraction of sp³-hybridized carbons (Fsp3) is 0.360. The molecule has 2 aliphatic rings. The number of benzene rings is 2. The first-order valence-electron chi connectivity index (χ1n) is 10.9. The second-order valence-corrected chi connectivity index (χ2v) is 8.18. The fourth-order valence-corrected chi connectivity index (χ4v) is 4.14. The number of Topliss-reactive ketones (excluding diaryl/α,β-unsaturated/α-hetero) is 1. The smallest absolute Gasteiger partial charge is 0.295 e. The van der Waals surface area contributed by atoms with Crippen LogP contribution in [0.5, 0.6) is 11.5 Å². The van der Waals surface area contributed by atoms with E-state index in [1.54, 1.807) is 25.3 Å². The fourth-order valence-electron chi connectivity index (χ4n) is 4.14. The zero-order chi connectivity index (χ0) is 23.5. The van der Waals surface area contributed by atoms with Crippen LogP contribution in [0, 0.1) is 0 Å². The number of amides is 1. The molecule has 1 fully saturated rings. The Bertz CT molecular complexity index is 1080. The number of nitrogens with zero attached hydrogens (tertiary/aromatic N) is 2. The van der Waals surface area contributed by atoms with Crippen LogP contribution in [-0.2, 0) is 14.3 Å². The van der Waals surface area contributed by atoms with Crippen LogP contribution >= 0.6 is 0 Å². The number of hydrogen-bond acceptors (Lipinski definition) is 7. The molecule has 1 amide bonds. The number of carbonyl (C=O) groups excluding carboxylic acids is 2. The molecule has 174 valence electrons. The molecule has 0 aromatic heterocycles. The van der Waals surface area contributed by atoms with E-state index in [4.69, 9.17) is 14.2 Å². The van der Waals surface area contributed by atoms with Crippen molar-refractivity contribution in [1.82, 2.24) is 4.90 Å². The Morgan fingerprint density at radius 3 is 2.45 bits per heavy atom. The van der Waals surface area contributed by atoms with Gasteiger partial charge in [-0.1, -0.05) is 12.1 Å². The monoisotopic (exact) mass is 452 g/mol. The molecule has 1 saturated heterocycles. The maximum atomic E-state index is 13.1. The first kappa shape index (κ1) is 22.7. The predicted octanol–water partition coefficient (Wildman–Crippen LogP) is 2.98. The minimum atomic E-state index is -0.707. The molecule has 0 spiro atoms. The van der Waals surface area contributed by atoms with E-state index in [1.165, 1.54) is 4.90 Å². The molecule has 2 heterocycles. The van der Waals surface area contributed by atoms with Crippen molar-refractivity contribution in [3.8, 4) is 11.5 Å². The molecule has 8 heteroatoms. The highest BCUT2D eigenvalue weighted by molar-refractivity contribution is 6.46. The van der Waals surface area contributed by atoms with E-state index < -0.39 is 17.7 Å². The third-order valence-corrected chi connectivity index (χ3v) is 5.83. The number of fused-ring (bicyclic) bond motifs is 1. The maximum absolute atomic E-state index is 13.1. The highest BCUT2D eigenvalue weighted by atomic mass is 16.6. The first-order valence-corrected chi connectivity index (χ1v) is 10.9. The molecular formula is C25H28N2O6. The molecule has 1 N–H and O–H groups in total. The van der Waals surface area contributed by atoms with Crippen LogP contribution in [0.25, 0.3) is 5.76 Å². The lowest BCUT2D eigenvalue weighted by atomic mass is 9.95. The molecule has 1 atom stereocenters. The van der Waals surface area contributed by atoms with E-state index in [-0.39, 0.29) is 11.3 Å². The van der Waals surface area contributed by atoms with Gasteiger partial charge in [-0.15, -0.1) is 0 Å². The van der Waals surface area contributed by atoms with Crippen LogP contribution in [0.15, 0.2) is 48.0 Å². The van der Waals surface area contributed by atoms with Crippen LogP contribution in [0.4, 0.5) is 5.69 Å². The van der Waals surface area contributed by atoms with Gasteiger partial charge in [0.05, 0.1) is 11.6 Å². The molecule has 0 radical (unpaired) electrons. The van der Waals surface area contributed by atoms with Gasteiger partial charge in [-0.25, -0.2) is 0 Å². The standard InChI is InChI=1S/C25H28N2O6/c1-26(2)18-8-5-16(6-9-18)22-21(24(29)25(30)27(22)11-4-12-31-3)23(28)17-7-10-19-20(15-17)33-14-13-32-19/h5-10,15,22,28H,4,11-14H2,1-3H3/b23-21+/t22-/m0/s1. The third kappa shape index (κ3) is 4.39. The number of ether oxygens (including phenoxy) is 3. The molecule has 0 bridgehead atoms. The number of ketones is 1. The summed E-state index contributed by atoms with van der Waals surface area (Å²) in [6.07, 6.45) is 0.569. The Labute approximate surface area is 193 Å². The van der Waals surface area contributed by atoms with Crippen LogP contribution in [-0.4, -0.2) is 69.3 Å². The van der Waals surface area contributed by atoms with E-state index in [1.807, 2.05) is 43.3 Å². The minimum absolute atomic E-state index is 0.0618. The molecule has 2 aliphatic heterocycles. The Morgan fingerprint density at radius 1 is 1.09 bits per heavy atom. The molecule has 33 heavy (non-hydrogen) atoms. The third-order valence-electron chi connectivity index (χ3n) is 5.83. The van der Waals surface area contributed by atoms with Crippen LogP contribution in [0.3, 0.4) is 0 Å². The number of carbonyl (C=O) groups is 2. The summed E-state index contributed by atoms with van der Waals surface area (Å²) in [6.45, 7) is 1.64. The molecule has 0 aliphatic carbocycles. The molecule has 2 aromatic carbocycles. The zero-order valence-corrected chi connectivity index (χ0v) is 19.0. The Hall–Kier alpha value is -3.52. The van der Waals surface area contributed by atoms with Crippen molar-refractivity contribution in [3.05, 3.63) is 59.2 Å². The number of aliphatic hydroxyl groups is 1. The van der Waals surface area contributed by atoms with E-state index >= 15 is 0 Å².